The van der Waals surface area contributed by atoms with Crippen LogP contribution in [0.25, 0.3) is 0 Å². The summed E-state index contributed by atoms with van der Waals surface area (Å²) >= 11 is 0. The van der Waals surface area contributed by atoms with Crippen LogP contribution in [0.2, 0.25) is 0 Å². The Balaban J connectivity index is 2.00. The summed E-state index contributed by atoms with van der Waals surface area (Å²) in [5.74, 6) is -0.607. The summed E-state index contributed by atoms with van der Waals surface area (Å²) in [6.07, 6.45) is 0.494. The number of ether oxygens (including phenoxy) is 1. The Hall–Kier alpha value is -2.38. The van der Waals surface area contributed by atoms with E-state index in [0.717, 1.165) is 11.1 Å². The minimum Gasteiger partial charge on any atom is -0.478 e. The molecular formula is C20H25NO5S. The Labute approximate surface area is 160 Å². The van der Waals surface area contributed by atoms with Crippen LogP contribution >= 0.6 is 0 Å². The van der Waals surface area contributed by atoms with Crippen molar-refractivity contribution in [3.63, 3.8) is 0 Å². The van der Waals surface area contributed by atoms with E-state index in [1.54, 1.807) is 55.5 Å². The van der Waals surface area contributed by atoms with Crippen LogP contribution in [-0.2, 0) is 21.2 Å². The molecule has 0 saturated carbocycles. The van der Waals surface area contributed by atoms with Crippen LogP contribution in [0.3, 0.4) is 0 Å². The van der Waals surface area contributed by atoms with Gasteiger partial charge < -0.3 is 9.84 Å². The zero-order valence-electron chi connectivity index (χ0n) is 15.9. The molecule has 0 aliphatic heterocycles. The Bertz CT molecular complexity index is 887. The van der Waals surface area contributed by atoms with Crippen LogP contribution < -0.4 is 9.46 Å². The van der Waals surface area contributed by atoms with E-state index in [2.05, 4.69) is 4.72 Å². The van der Waals surface area contributed by atoms with E-state index in [-0.39, 0.29) is 10.9 Å². The van der Waals surface area contributed by atoms with Crippen LogP contribution in [0.5, 0.6) is 5.75 Å². The second-order valence-electron chi connectivity index (χ2n) is 7.10. The van der Waals surface area contributed by atoms with Gasteiger partial charge in [0.15, 0.2) is 5.60 Å². The maximum absolute atomic E-state index is 12.4. The minimum atomic E-state index is -3.58. The first kappa shape index (κ1) is 20.9. The number of hydrogen-bond acceptors (Lipinski definition) is 4. The van der Waals surface area contributed by atoms with E-state index < -0.39 is 21.6 Å². The van der Waals surface area contributed by atoms with Gasteiger partial charge in [-0.2, -0.15) is 0 Å². The smallest absolute Gasteiger partial charge is 0.347 e. The summed E-state index contributed by atoms with van der Waals surface area (Å²) in [6, 6.07) is 13.3. The van der Waals surface area contributed by atoms with E-state index in [1.807, 2.05) is 6.92 Å². The van der Waals surface area contributed by atoms with Gasteiger partial charge in [0.2, 0.25) is 10.0 Å². The van der Waals surface area contributed by atoms with Crippen LogP contribution in [0.1, 0.15) is 31.9 Å². The molecule has 2 aromatic rings. The number of rotatable bonds is 8. The van der Waals surface area contributed by atoms with Crippen molar-refractivity contribution in [2.24, 2.45) is 0 Å². The van der Waals surface area contributed by atoms with Crippen molar-refractivity contribution in [2.45, 2.75) is 50.7 Å². The Morgan fingerprint density at radius 2 is 1.67 bits per heavy atom. The Morgan fingerprint density at radius 3 is 2.19 bits per heavy atom. The lowest BCUT2D eigenvalue weighted by molar-refractivity contribution is -0.152. The summed E-state index contributed by atoms with van der Waals surface area (Å²) in [5, 5.41) is 9.10. The molecule has 2 aromatic carbocycles. The number of aliphatic carboxylic acids is 1. The van der Waals surface area contributed by atoms with E-state index in [9.17, 15) is 13.2 Å². The lowest BCUT2D eigenvalue weighted by Crippen LogP contribution is -2.37. The highest BCUT2D eigenvalue weighted by Gasteiger charge is 2.29. The SMILES string of the molecule is Cc1ccc(S(=O)(=O)N[C@H](C)Cc2ccc(OC(C)(C)C(=O)O)cc2)cc1. The van der Waals surface area contributed by atoms with Crippen molar-refractivity contribution < 1.29 is 23.1 Å². The van der Waals surface area contributed by atoms with Crippen molar-refractivity contribution >= 4 is 16.0 Å². The molecule has 0 aromatic heterocycles. The largest absolute Gasteiger partial charge is 0.478 e. The number of hydrogen-bond donors (Lipinski definition) is 2. The third-order valence-corrected chi connectivity index (χ3v) is 5.65. The summed E-state index contributed by atoms with van der Waals surface area (Å²) in [6.45, 7) is 6.65. The number of aryl methyl sites for hydroxylation is 1. The van der Waals surface area contributed by atoms with Gasteiger partial charge >= 0.3 is 5.97 Å². The molecule has 0 aliphatic carbocycles. The van der Waals surface area contributed by atoms with Gasteiger partial charge in [0.05, 0.1) is 4.90 Å². The minimum absolute atomic E-state index is 0.236. The first-order valence-corrected chi connectivity index (χ1v) is 10.1. The van der Waals surface area contributed by atoms with E-state index in [4.69, 9.17) is 9.84 Å². The summed E-state index contributed by atoms with van der Waals surface area (Å²) in [4.78, 5) is 11.4. The van der Waals surface area contributed by atoms with Gasteiger partial charge in [-0.15, -0.1) is 0 Å². The number of sulfonamides is 1. The first-order valence-electron chi connectivity index (χ1n) is 8.60. The van der Waals surface area contributed by atoms with Gasteiger partial charge in [-0.05, 0) is 63.9 Å². The molecule has 0 saturated heterocycles. The third kappa shape index (κ3) is 5.80. The maximum Gasteiger partial charge on any atom is 0.347 e. The number of nitrogens with one attached hydrogen (secondary N) is 1. The average molecular weight is 391 g/mol. The van der Waals surface area contributed by atoms with Gasteiger partial charge in [0.1, 0.15) is 5.75 Å². The van der Waals surface area contributed by atoms with Crippen molar-refractivity contribution in [1.82, 2.24) is 4.72 Å². The predicted octanol–water partition coefficient (Wildman–Crippen LogP) is 3.15. The molecule has 0 amide bonds. The number of benzene rings is 2. The molecule has 0 fully saturated rings. The zero-order chi connectivity index (χ0) is 20.2. The van der Waals surface area contributed by atoms with Gasteiger partial charge in [0, 0.05) is 6.04 Å². The fourth-order valence-electron chi connectivity index (χ4n) is 2.48. The molecule has 0 heterocycles. The van der Waals surface area contributed by atoms with Crippen LogP contribution in [0.15, 0.2) is 53.4 Å². The molecule has 2 rings (SSSR count). The Morgan fingerprint density at radius 1 is 1.11 bits per heavy atom. The fourth-order valence-corrected chi connectivity index (χ4v) is 3.72. The summed E-state index contributed by atoms with van der Waals surface area (Å²) in [5.41, 5.74) is 0.586. The van der Waals surface area contributed by atoms with E-state index >= 15 is 0 Å². The first-order chi connectivity index (χ1) is 12.5. The quantitative estimate of drug-likeness (QED) is 0.721. The highest BCUT2D eigenvalue weighted by Crippen LogP contribution is 2.20. The Kier molecular flexibility index (Phi) is 6.28. The molecule has 2 N–H and O–H groups in total. The highest BCUT2D eigenvalue weighted by molar-refractivity contribution is 7.89. The molecule has 0 spiro atoms. The maximum atomic E-state index is 12.4. The molecule has 146 valence electrons. The standard InChI is InChI=1S/C20H25NO5S/c1-14-5-11-18(12-6-14)27(24,25)21-15(2)13-16-7-9-17(10-8-16)26-20(3,4)19(22)23/h5-12,15,21H,13H2,1-4H3,(H,22,23)/t15-/m1/s1. The van der Waals surface area contributed by atoms with Crippen LogP contribution in [0, 0.1) is 6.92 Å². The molecule has 0 aliphatic rings. The molecular weight excluding hydrogens is 366 g/mol. The average Bonchev–Trinajstić information content (AvgIpc) is 2.56. The number of carboxylic acid groups (broad SMARTS) is 1. The number of carbonyl (C=O) groups is 1. The third-order valence-electron chi connectivity index (χ3n) is 4.04. The second-order valence-corrected chi connectivity index (χ2v) is 8.81. The van der Waals surface area contributed by atoms with Crippen LogP contribution in [0.4, 0.5) is 0 Å². The zero-order valence-corrected chi connectivity index (χ0v) is 16.7. The van der Waals surface area contributed by atoms with Gasteiger partial charge in [-0.25, -0.2) is 17.9 Å². The number of carboxylic acids is 1. The van der Waals surface area contributed by atoms with Crippen LogP contribution in [-0.4, -0.2) is 31.1 Å². The molecule has 7 heteroatoms. The normalized spacial score (nSPS) is 13.2. The molecule has 1 atom stereocenters. The topological polar surface area (TPSA) is 92.7 Å². The fraction of sp³-hybridized carbons (Fsp3) is 0.350. The monoisotopic (exact) mass is 391 g/mol. The van der Waals surface area contributed by atoms with Gasteiger partial charge in [-0.1, -0.05) is 29.8 Å². The van der Waals surface area contributed by atoms with E-state index in [0.29, 0.717) is 12.2 Å². The molecule has 0 bridgehead atoms. The highest BCUT2D eigenvalue weighted by atomic mass is 32.2. The van der Waals surface area contributed by atoms with Crippen molar-refractivity contribution in [3.8, 4) is 5.75 Å². The van der Waals surface area contributed by atoms with Gasteiger partial charge in [0.25, 0.3) is 0 Å². The molecule has 6 nitrogen and oxygen atoms in total. The van der Waals surface area contributed by atoms with E-state index in [1.165, 1.54) is 13.8 Å². The molecule has 0 radical (unpaired) electrons. The summed E-state index contributed by atoms with van der Waals surface area (Å²) < 4.78 is 33.0. The van der Waals surface area contributed by atoms with Crippen molar-refractivity contribution in [1.29, 1.82) is 0 Å². The van der Waals surface area contributed by atoms with Gasteiger partial charge in [-0.3, -0.25) is 0 Å². The van der Waals surface area contributed by atoms with Crippen molar-refractivity contribution in [3.05, 3.63) is 59.7 Å². The summed E-state index contributed by atoms with van der Waals surface area (Å²) in [7, 11) is -3.58. The molecule has 0 unspecified atom stereocenters. The lowest BCUT2D eigenvalue weighted by Gasteiger charge is -2.21. The second kappa shape index (κ2) is 8.10. The lowest BCUT2D eigenvalue weighted by atomic mass is 10.1. The van der Waals surface area contributed by atoms with Crippen molar-refractivity contribution in [2.75, 3.05) is 0 Å². The molecule has 27 heavy (non-hydrogen) atoms. The predicted molar refractivity (Wildman–Crippen MR) is 103 cm³/mol.